The van der Waals surface area contributed by atoms with E-state index in [1.165, 1.54) is 11.8 Å². The van der Waals surface area contributed by atoms with E-state index in [0.717, 1.165) is 22.8 Å². The number of aromatic nitrogens is 2. The number of para-hydroxylation sites is 1. The van der Waals surface area contributed by atoms with Gasteiger partial charge in [0.05, 0.1) is 17.7 Å². The van der Waals surface area contributed by atoms with Crippen LogP contribution in [-0.2, 0) is 5.75 Å². The smallest absolute Gasteiger partial charge is 0.159 e. The van der Waals surface area contributed by atoms with E-state index in [1.807, 2.05) is 37.3 Å². The maximum atomic E-state index is 5.85. The summed E-state index contributed by atoms with van der Waals surface area (Å²) in [6, 6.07) is 9.68. The minimum Gasteiger partial charge on any atom is -0.378 e. The molecule has 0 saturated heterocycles. The van der Waals surface area contributed by atoms with Gasteiger partial charge >= 0.3 is 0 Å². The van der Waals surface area contributed by atoms with Crippen LogP contribution < -0.4 is 5.73 Å². The average Bonchev–Trinajstić information content (AvgIpc) is 2.74. The molecule has 1 heterocycles. The summed E-state index contributed by atoms with van der Waals surface area (Å²) >= 11 is 1.49. The van der Waals surface area contributed by atoms with Gasteiger partial charge in [-0.15, -0.1) is 0 Å². The van der Waals surface area contributed by atoms with Crippen molar-refractivity contribution in [3.8, 4) is 0 Å². The molecular formula is C12H14N4S. The highest BCUT2D eigenvalue weighted by Crippen LogP contribution is 2.16. The second-order valence-electron chi connectivity index (χ2n) is 3.55. The van der Waals surface area contributed by atoms with E-state index in [9.17, 15) is 0 Å². The van der Waals surface area contributed by atoms with E-state index >= 15 is 0 Å². The SMILES string of the molecule is Cc1[nH]cnc1CSC(N)=Nc1ccccc1. The Bertz CT molecular complexity index is 504. The molecule has 0 aliphatic heterocycles. The molecule has 0 amide bonds. The van der Waals surface area contributed by atoms with Crippen molar-refractivity contribution in [3.63, 3.8) is 0 Å². The van der Waals surface area contributed by atoms with Gasteiger partial charge in [-0.25, -0.2) is 9.98 Å². The number of benzene rings is 1. The lowest BCUT2D eigenvalue weighted by Gasteiger charge is -2.00. The normalized spacial score (nSPS) is 11.7. The van der Waals surface area contributed by atoms with Crippen molar-refractivity contribution in [1.29, 1.82) is 0 Å². The number of thioether (sulfide) groups is 1. The van der Waals surface area contributed by atoms with Crippen LogP contribution in [0.15, 0.2) is 41.7 Å². The number of H-pyrrole nitrogens is 1. The molecule has 2 aromatic rings. The minimum absolute atomic E-state index is 0.554. The highest BCUT2D eigenvalue weighted by atomic mass is 32.2. The molecule has 0 bridgehead atoms. The van der Waals surface area contributed by atoms with Gasteiger partial charge in [0.2, 0.25) is 0 Å². The van der Waals surface area contributed by atoms with Crippen LogP contribution in [0, 0.1) is 6.92 Å². The Morgan fingerprint density at radius 1 is 1.41 bits per heavy atom. The Morgan fingerprint density at radius 3 is 2.82 bits per heavy atom. The Morgan fingerprint density at radius 2 is 2.18 bits per heavy atom. The highest BCUT2D eigenvalue weighted by molar-refractivity contribution is 8.13. The van der Waals surface area contributed by atoms with E-state index in [2.05, 4.69) is 15.0 Å². The van der Waals surface area contributed by atoms with E-state index in [0.29, 0.717) is 5.17 Å². The van der Waals surface area contributed by atoms with Gasteiger partial charge in [-0.05, 0) is 19.1 Å². The lowest BCUT2D eigenvalue weighted by atomic mass is 10.3. The number of imidazole rings is 1. The molecule has 3 N–H and O–H groups in total. The van der Waals surface area contributed by atoms with Gasteiger partial charge in [-0.3, -0.25) is 0 Å². The molecule has 0 aliphatic rings. The van der Waals surface area contributed by atoms with E-state index in [4.69, 9.17) is 5.73 Å². The molecule has 0 atom stereocenters. The van der Waals surface area contributed by atoms with Crippen LogP contribution in [0.25, 0.3) is 0 Å². The molecule has 0 aliphatic carbocycles. The number of aryl methyl sites for hydroxylation is 1. The fraction of sp³-hybridized carbons (Fsp3) is 0.167. The van der Waals surface area contributed by atoms with E-state index in [1.54, 1.807) is 6.33 Å². The van der Waals surface area contributed by atoms with Crippen molar-refractivity contribution in [1.82, 2.24) is 9.97 Å². The molecule has 0 unspecified atom stereocenters. The molecule has 2 rings (SSSR count). The molecule has 0 spiro atoms. The summed E-state index contributed by atoms with van der Waals surface area (Å²) in [5, 5.41) is 0.554. The van der Waals surface area contributed by atoms with Crippen molar-refractivity contribution >= 4 is 22.6 Å². The van der Waals surface area contributed by atoms with Crippen molar-refractivity contribution < 1.29 is 0 Å². The quantitative estimate of drug-likeness (QED) is 0.646. The first kappa shape index (κ1) is 11.7. The number of aromatic amines is 1. The molecule has 88 valence electrons. The van der Waals surface area contributed by atoms with Crippen LogP contribution >= 0.6 is 11.8 Å². The topological polar surface area (TPSA) is 67.1 Å². The first-order valence-electron chi connectivity index (χ1n) is 5.26. The summed E-state index contributed by atoms with van der Waals surface area (Å²) < 4.78 is 0. The van der Waals surface area contributed by atoms with Crippen LogP contribution in [0.1, 0.15) is 11.4 Å². The second kappa shape index (κ2) is 5.54. The molecule has 4 nitrogen and oxygen atoms in total. The Balaban J connectivity index is 1.96. The van der Waals surface area contributed by atoms with Crippen LogP contribution in [0.4, 0.5) is 5.69 Å². The standard InChI is InChI=1S/C12H14N4S/c1-9-11(15-8-14-9)7-17-12(13)16-10-5-3-2-4-6-10/h2-6,8H,7H2,1H3,(H2,13,16)(H,14,15). The lowest BCUT2D eigenvalue weighted by Crippen LogP contribution is -2.06. The van der Waals surface area contributed by atoms with Gasteiger partial charge in [0.25, 0.3) is 0 Å². The summed E-state index contributed by atoms with van der Waals surface area (Å²) in [7, 11) is 0. The largest absolute Gasteiger partial charge is 0.378 e. The number of nitrogens with zero attached hydrogens (tertiary/aromatic N) is 2. The molecule has 5 heteroatoms. The molecule has 17 heavy (non-hydrogen) atoms. The second-order valence-corrected chi connectivity index (χ2v) is 4.54. The van der Waals surface area contributed by atoms with Crippen LogP contribution in [0.5, 0.6) is 0 Å². The van der Waals surface area contributed by atoms with Gasteiger partial charge in [0.15, 0.2) is 5.17 Å². The molecule has 1 aromatic heterocycles. The predicted octanol–water partition coefficient (Wildman–Crippen LogP) is 2.60. The van der Waals surface area contributed by atoms with Crippen molar-refractivity contribution in [2.24, 2.45) is 10.7 Å². The number of amidine groups is 1. The summed E-state index contributed by atoms with van der Waals surface area (Å²) in [5.74, 6) is 0.734. The summed E-state index contributed by atoms with van der Waals surface area (Å²) in [5.41, 5.74) is 8.81. The zero-order valence-electron chi connectivity index (χ0n) is 9.55. The Kier molecular flexibility index (Phi) is 3.82. The fourth-order valence-electron chi connectivity index (χ4n) is 1.34. The van der Waals surface area contributed by atoms with Crippen LogP contribution in [0.2, 0.25) is 0 Å². The van der Waals surface area contributed by atoms with Crippen LogP contribution in [-0.4, -0.2) is 15.1 Å². The number of hydrogen-bond donors (Lipinski definition) is 2. The first-order chi connectivity index (χ1) is 8.25. The summed E-state index contributed by atoms with van der Waals surface area (Å²) in [4.78, 5) is 11.6. The minimum atomic E-state index is 0.554. The first-order valence-corrected chi connectivity index (χ1v) is 6.25. The molecular weight excluding hydrogens is 232 g/mol. The third-order valence-corrected chi connectivity index (χ3v) is 3.09. The molecule has 1 aromatic carbocycles. The maximum absolute atomic E-state index is 5.85. The van der Waals surface area contributed by atoms with Gasteiger partial charge < -0.3 is 10.7 Å². The number of nitrogens with two attached hydrogens (primary N) is 1. The Labute approximate surface area is 104 Å². The van der Waals surface area contributed by atoms with E-state index < -0.39 is 0 Å². The average molecular weight is 246 g/mol. The number of hydrogen-bond acceptors (Lipinski definition) is 3. The fourth-order valence-corrected chi connectivity index (χ4v) is 2.08. The zero-order valence-corrected chi connectivity index (χ0v) is 10.4. The molecule has 0 saturated carbocycles. The van der Waals surface area contributed by atoms with E-state index in [-0.39, 0.29) is 0 Å². The number of rotatable bonds is 3. The Hall–Kier alpha value is -1.75. The summed E-state index contributed by atoms with van der Waals surface area (Å²) in [6.45, 7) is 1.99. The van der Waals surface area contributed by atoms with Gasteiger partial charge in [-0.2, -0.15) is 0 Å². The van der Waals surface area contributed by atoms with Crippen molar-refractivity contribution in [3.05, 3.63) is 48.0 Å². The van der Waals surface area contributed by atoms with Crippen molar-refractivity contribution in [2.45, 2.75) is 12.7 Å². The van der Waals surface area contributed by atoms with Gasteiger partial charge in [0.1, 0.15) is 0 Å². The number of nitrogens with one attached hydrogen (secondary N) is 1. The number of aliphatic imine (C=N–C) groups is 1. The highest BCUT2D eigenvalue weighted by Gasteiger charge is 2.02. The third kappa shape index (κ3) is 3.35. The molecule has 0 radical (unpaired) electrons. The van der Waals surface area contributed by atoms with Gasteiger partial charge in [0, 0.05) is 11.4 Å². The van der Waals surface area contributed by atoms with Crippen molar-refractivity contribution in [2.75, 3.05) is 0 Å². The third-order valence-electron chi connectivity index (χ3n) is 2.29. The summed E-state index contributed by atoms with van der Waals surface area (Å²) in [6.07, 6.45) is 1.69. The lowest BCUT2D eigenvalue weighted by molar-refractivity contribution is 1.19. The van der Waals surface area contributed by atoms with Crippen LogP contribution in [0.3, 0.4) is 0 Å². The zero-order chi connectivity index (χ0) is 12.1. The predicted molar refractivity (Wildman–Crippen MR) is 72.3 cm³/mol. The monoisotopic (exact) mass is 246 g/mol. The maximum Gasteiger partial charge on any atom is 0.159 e. The van der Waals surface area contributed by atoms with Gasteiger partial charge in [-0.1, -0.05) is 30.0 Å². The molecule has 0 fully saturated rings.